The molecule has 18 heteroatoms. The summed E-state index contributed by atoms with van der Waals surface area (Å²) in [5.74, 6) is -1.48. The first-order valence-corrected chi connectivity index (χ1v) is 31.9. The highest BCUT2D eigenvalue weighted by atomic mass is 32.1. The second-order valence-electron chi connectivity index (χ2n) is 22.2. The SMILES string of the molecule is C=CC(=O)OCCCCCCOc1ccc(OC(=O)C2CCC(C(=O)Oc3cc(C=NN(CCCCCC)c4nc5ccccc5s4)c(OC(=O)C4CCC(C(=O)Oc5ccc(OCCCCCCOC(=O)C=C)cc5)CC4)c4ccccc34)CC2)cc1. The van der Waals surface area contributed by atoms with Crippen molar-refractivity contribution in [3.63, 3.8) is 0 Å². The van der Waals surface area contributed by atoms with Gasteiger partial charge in [0.05, 0.1) is 66.5 Å². The van der Waals surface area contributed by atoms with Gasteiger partial charge in [-0.25, -0.2) is 19.6 Å². The number of hydrogen-bond acceptors (Lipinski definition) is 18. The van der Waals surface area contributed by atoms with E-state index in [1.807, 2.05) is 53.5 Å². The summed E-state index contributed by atoms with van der Waals surface area (Å²) in [6.07, 6.45) is 18.4. The topological polar surface area (TPSA) is 205 Å². The molecule has 17 nitrogen and oxygen atoms in total. The molecule has 2 saturated carbocycles. The fraction of sp³-hybridized carbons (Fsp3) is 0.429. The number of unbranched alkanes of at least 4 members (excludes halogenated alkanes) is 9. The van der Waals surface area contributed by atoms with E-state index in [-0.39, 0.29) is 23.4 Å². The van der Waals surface area contributed by atoms with Gasteiger partial charge in [-0.15, -0.1) is 0 Å². The summed E-state index contributed by atoms with van der Waals surface area (Å²) < 4.78 is 47.2. The number of nitrogens with zero attached hydrogens (tertiary/aromatic N) is 3. The largest absolute Gasteiger partial charge is 0.494 e. The van der Waals surface area contributed by atoms with Crippen molar-refractivity contribution in [2.45, 2.75) is 135 Å². The average molecular weight is 1220 g/mol. The number of thiazole rings is 1. The number of esters is 6. The van der Waals surface area contributed by atoms with Gasteiger partial charge in [0.2, 0.25) is 5.13 Å². The van der Waals surface area contributed by atoms with Gasteiger partial charge >= 0.3 is 35.8 Å². The molecule has 8 rings (SSSR count). The van der Waals surface area contributed by atoms with Gasteiger partial charge in [0.1, 0.15) is 34.5 Å². The van der Waals surface area contributed by atoms with Crippen molar-refractivity contribution in [3.05, 3.63) is 134 Å². The number of benzene rings is 5. The predicted molar refractivity (Wildman–Crippen MR) is 339 cm³/mol. The molecule has 6 aromatic rings. The summed E-state index contributed by atoms with van der Waals surface area (Å²) in [5.41, 5.74) is 1.29. The molecule has 2 aliphatic rings. The van der Waals surface area contributed by atoms with Crippen LogP contribution in [0.2, 0.25) is 0 Å². The molecule has 0 bridgehead atoms. The summed E-state index contributed by atoms with van der Waals surface area (Å²) in [7, 11) is 0. The van der Waals surface area contributed by atoms with Crippen molar-refractivity contribution in [3.8, 4) is 34.5 Å². The van der Waals surface area contributed by atoms with Crippen LogP contribution in [0.3, 0.4) is 0 Å². The van der Waals surface area contributed by atoms with E-state index in [1.165, 1.54) is 11.3 Å². The predicted octanol–water partition coefficient (Wildman–Crippen LogP) is 14.8. The van der Waals surface area contributed by atoms with Crippen LogP contribution in [0.4, 0.5) is 5.13 Å². The van der Waals surface area contributed by atoms with Gasteiger partial charge in [0.25, 0.3) is 0 Å². The Kier molecular flexibility index (Phi) is 26.0. The second kappa shape index (κ2) is 34.8. The summed E-state index contributed by atoms with van der Waals surface area (Å²) in [6.45, 7) is 11.3. The first kappa shape index (κ1) is 65.6. The number of carbonyl (C=O) groups excluding carboxylic acids is 6. The minimum absolute atomic E-state index is 0.271. The maximum atomic E-state index is 14.4. The highest BCUT2D eigenvalue weighted by Gasteiger charge is 2.35. The van der Waals surface area contributed by atoms with Crippen LogP contribution in [0.25, 0.3) is 21.0 Å². The molecule has 0 amide bonds. The van der Waals surface area contributed by atoms with E-state index in [1.54, 1.807) is 60.8 Å². The van der Waals surface area contributed by atoms with Gasteiger partial charge in [-0.05, 0) is 176 Å². The Morgan fingerprint density at radius 3 is 1.47 bits per heavy atom. The Morgan fingerprint density at radius 1 is 0.523 bits per heavy atom. The van der Waals surface area contributed by atoms with Crippen LogP contribution in [0.5, 0.6) is 34.5 Å². The lowest BCUT2D eigenvalue weighted by Gasteiger charge is -2.27. The lowest BCUT2D eigenvalue weighted by Crippen LogP contribution is -2.31. The summed E-state index contributed by atoms with van der Waals surface area (Å²) >= 11 is 1.54. The quantitative estimate of drug-likeness (QED) is 0.00920. The minimum atomic E-state index is -0.497. The fourth-order valence-corrected chi connectivity index (χ4v) is 11.6. The molecular formula is C70H81N3O14S. The summed E-state index contributed by atoms with van der Waals surface area (Å²) in [6, 6.07) is 30.9. The van der Waals surface area contributed by atoms with E-state index < -0.39 is 47.5 Å². The fourth-order valence-electron chi connectivity index (χ4n) is 10.7. The molecular weight excluding hydrogens is 1140 g/mol. The minimum Gasteiger partial charge on any atom is -0.494 e. The number of aromatic nitrogens is 1. The normalized spacial score (nSPS) is 16.5. The van der Waals surface area contributed by atoms with E-state index in [2.05, 4.69) is 20.1 Å². The average Bonchev–Trinajstić information content (AvgIpc) is 3.05. The van der Waals surface area contributed by atoms with Crippen LogP contribution in [-0.2, 0) is 38.2 Å². The van der Waals surface area contributed by atoms with E-state index in [0.717, 1.165) is 99.4 Å². The summed E-state index contributed by atoms with van der Waals surface area (Å²) in [5, 5.41) is 8.75. The van der Waals surface area contributed by atoms with Crippen molar-refractivity contribution in [1.82, 2.24) is 4.98 Å². The van der Waals surface area contributed by atoms with Gasteiger partial charge in [-0.1, -0.05) is 87.1 Å². The number of anilines is 1. The number of hydrazone groups is 1. The Hall–Kier alpha value is -8.38. The first-order chi connectivity index (χ1) is 43.0. The van der Waals surface area contributed by atoms with Gasteiger partial charge < -0.3 is 37.9 Å². The van der Waals surface area contributed by atoms with Crippen molar-refractivity contribution in [1.29, 1.82) is 0 Å². The molecule has 2 aliphatic carbocycles. The molecule has 88 heavy (non-hydrogen) atoms. The number of carbonyl (C=O) groups is 6. The molecule has 466 valence electrons. The van der Waals surface area contributed by atoms with Crippen LogP contribution in [0, 0.1) is 23.7 Å². The van der Waals surface area contributed by atoms with E-state index >= 15 is 0 Å². The maximum absolute atomic E-state index is 14.4. The Morgan fingerprint density at radius 2 is 0.966 bits per heavy atom. The standard InChI is InChI=1S/C70H81N3O14S/c1-4-7-8-17-42-73(70-72-60-24-15-16-25-62(60)88-70)71-48-53-47-61(86-68(78)51-30-26-49(27-31-51)66(76)84-56-38-34-54(35-39-56)80-43-18-9-11-20-45-82-63(74)5-2)58-22-13-14-23-59(58)65(53)87-69(79)52-32-28-50(29-33-52)67(77)85-57-40-36-55(37-41-57)81-44-19-10-12-21-46-83-64(75)6-3/h5-6,13-16,22-25,34-41,47-52H,2-4,7-12,17-21,26-33,42-46H2,1H3. The Balaban J connectivity index is 0.889. The zero-order valence-corrected chi connectivity index (χ0v) is 51.2. The molecule has 0 atom stereocenters. The molecule has 0 radical (unpaired) electrons. The van der Waals surface area contributed by atoms with E-state index in [0.29, 0.717) is 129 Å². The zero-order chi connectivity index (χ0) is 61.9. The van der Waals surface area contributed by atoms with Crippen LogP contribution >= 0.6 is 11.3 Å². The van der Waals surface area contributed by atoms with Crippen molar-refractivity contribution in [2.24, 2.45) is 28.8 Å². The molecule has 0 saturated heterocycles. The lowest BCUT2D eigenvalue weighted by molar-refractivity contribution is -0.145. The van der Waals surface area contributed by atoms with E-state index in [9.17, 15) is 28.8 Å². The van der Waals surface area contributed by atoms with Crippen LogP contribution < -0.4 is 33.4 Å². The monoisotopic (exact) mass is 1220 g/mol. The second-order valence-corrected chi connectivity index (χ2v) is 23.2. The van der Waals surface area contributed by atoms with Gasteiger partial charge in [-0.3, -0.25) is 19.2 Å². The molecule has 0 N–H and O–H groups in total. The van der Waals surface area contributed by atoms with Crippen molar-refractivity contribution in [2.75, 3.05) is 38.0 Å². The number of fused-ring (bicyclic) bond motifs is 2. The van der Waals surface area contributed by atoms with Gasteiger partial charge in [0, 0.05) is 35.0 Å². The molecule has 5 aromatic carbocycles. The smallest absolute Gasteiger partial charge is 0.330 e. The van der Waals surface area contributed by atoms with Crippen molar-refractivity contribution < 1.29 is 66.7 Å². The van der Waals surface area contributed by atoms with Gasteiger partial charge in [-0.2, -0.15) is 5.10 Å². The third-order valence-corrected chi connectivity index (χ3v) is 16.8. The first-order valence-electron chi connectivity index (χ1n) is 31.1. The van der Waals surface area contributed by atoms with Crippen molar-refractivity contribution >= 4 is 79.5 Å². The highest BCUT2D eigenvalue weighted by molar-refractivity contribution is 7.22. The highest BCUT2D eigenvalue weighted by Crippen LogP contribution is 2.40. The molecule has 1 aromatic heterocycles. The lowest BCUT2D eigenvalue weighted by atomic mass is 9.82. The van der Waals surface area contributed by atoms with E-state index in [4.69, 9.17) is 48.0 Å². The summed E-state index contributed by atoms with van der Waals surface area (Å²) in [4.78, 5) is 82.8. The molecule has 2 fully saturated rings. The molecule has 0 aliphatic heterocycles. The van der Waals surface area contributed by atoms with Crippen LogP contribution in [0.15, 0.2) is 134 Å². The van der Waals surface area contributed by atoms with Gasteiger partial charge in [0.15, 0.2) is 0 Å². The van der Waals surface area contributed by atoms with Crippen LogP contribution in [-0.4, -0.2) is 80.0 Å². The Bertz CT molecular complexity index is 3270. The third kappa shape index (κ3) is 20.1. The number of ether oxygens (including phenoxy) is 8. The maximum Gasteiger partial charge on any atom is 0.330 e. The molecule has 0 unspecified atom stereocenters. The van der Waals surface area contributed by atoms with Crippen LogP contribution in [0.1, 0.15) is 141 Å². The number of hydrogen-bond donors (Lipinski definition) is 0. The number of rotatable bonds is 34. The molecule has 1 heterocycles. The zero-order valence-electron chi connectivity index (χ0n) is 50.4. The molecule has 0 spiro atoms. The number of para-hydroxylation sites is 1. The third-order valence-electron chi connectivity index (χ3n) is 15.8. The Labute approximate surface area is 519 Å².